The Hall–Kier alpha value is -0.690. The van der Waals surface area contributed by atoms with Gasteiger partial charge in [0, 0.05) is 19.6 Å². The topological polar surface area (TPSA) is 66.0 Å². The Morgan fingerprint density at radius 1 is 0.725 bits per heavy atom. The molecule has 238 valence electrons. The minimum atomic E-state index is -0.0983. The maximum absolute atomic E-state index is 12.1. The molecule has 6 nitrogen and oxygen atoms in total. The summed E-state index contributed by atoms with van der Waals surface area (Å²) >= 11 is 0. The lowest BCUT2D eigenvalue weighted by Gasteiger charge is -2.26. The Kier molecular flexibility index (Phi) is 23.2. The van der Waals surface area contributed by atoms with Crippen LogP contribution in [0.15, 0.2) is 0 Å². The summed E-state index contributed by atoms with van der Waals surface area (Å²) in [7, 11) is 0. The molecular formula is C34H67NO5. The Morgan fingerprint density at radius 2 is 1.27 bits per heavy atom. The van der Waals surface area contributed by atoms with Crippen LogP contribution in [0.2, 0.25) is 0 Å². The largest absolute Gasteiger partial charge is 0.376 e. The highest BCUT2D eigenvalue weighted by atomic mass is 16.6. The molecule has 1 heterocycles. The van der Waals surface area contributed by atoms with Crippen molar-refractivity contribution in [3.8, 4) is 0 Å². The molecule has 1 rings (SSSR count). The van der Waals surface area contributed by atoms with Gasteiger partial charge in [0.1, 0.15) is 18.3 Å². The maximum atomic E-state index is 12.1. The number of carbonyl (C=O) groups excluding carboxylic acids is 1. The highest BCUT2D eigenvalue weighted by Gasteiger charge is 2.44. The van der Waals surface area contributed by atoms with Crippen LogP contribution in [-0.2, 0) is 23.7 Å². The maximum Gasteiger partial charge on any atom is 0.219 e. The van der Waals surface area contributed by atoms with Gasteiger partial charge in [-0.15, -0.1) is 0 Å². The second kappa shape index (κ2) is 24.9. The predicted octanol–water partition coefficient (Wildman–Crippen LogP) is 8.54. The van der Waals surface area contributed by atoms with Crippen LogP contribution in [0.4, 0.5) is 0 Å². The molecule has 1 aliphatic heterocycles. The monoisotopic (exact) mass is 570 g/mol. The quantitative estimate of drug-likeness (QED) is 0.100. The van der Waals surface area contributed by atoms with Crippen molar-refractivity contribution in [3.63, 3.8) is 0 Å². The lowest BCUT2D eigenvalue weighted by atomic mass is 10.0. The summed E-state index contributed by atoms with van der Waals surface area (Å²) in [6.07, 6.45) is 22.3. The third kappa shape index (κ3) is 19.4. The highest BCUT2D eigenvalue weighted by molar-refractivity contribution is 5.75. The van der Waals surface area contributed by atoms with E-state index in [1.165, 1.54) is 77.0 Å². The van der Waals surface area contributed by atoms with Crippen molar-refractivity contribution in [3.05, 3.63) is 0 Å². The number of nitrogens with one attached hydrogen (secondary N) is 1. The van der Waals surface area contributed by atoms with E-state index in [-0.39, 0.29) is 42.5 Å². The third-order valence-electron chi connectivity index (χ3n) is 7.78. The van der Waals surface area contributed by atoms with E-state index < -0.39 is 0 Å². The van der Waals surface area contributed by atoms with Gasteiger partial charge in [0.25, 0.3) is 0 Å². The molecule has 0 aromatic rings. The van der Waals surface area contributed by atoms with Crippen LogP contribution < -0.4 is 5.32 Å². The van der Waals surface area contributed by atoms with Gasteiger partial charge in [-0.3, -0.25) is 4.79 Å². The van der Waals surface area contributed by atoms with Gasteiger partial charge >= 0.3 is 0 Å². The first-order valence-electron chi connectivity index (χ1n) is 17.2. The predicted molar refractivity (Wildman–Crippen MR) is 167 cm³/mol. The lowest BCUT2D eigenvalue weighted by molar-refractivity contribution is -0.121. The number of ether oxygens (including phenoxy) is 4. The summed E-state index contributed by atoms with van der Waals surface area (Å²) < 4.78 is 24.4. The fourth-order valence-corrected chi connectivity index (χ4v) is 5.46. The van der Waals surface area contributed by atoms with Gasteiger partial charge in [0.15, 0.2) is 0 Å². The van der Waals surface area contributed by atoms with E-state index in [9.17, 15) is 4.79 Å². The van der Waals surface area contributed by atoms with E-state index in [4.69, 9.17) is 18.9 Å². The van der Waals surface area contributed by atoms with Gasteiger partial charge in [0.05, 0.1) is 24.9 Å². The van der Waals surface area contributed by atoms with Crippen LogP contribution in [-0.4, -0.2) is 62.3 Å². The molecular weight excluding hydrogens is 502 g/mol. The first-order chi connectivity index (χ1) is 19.3. The van der Waals surface area contributed by atoms with Crippen molar-refractivity contribution in [1.82, 2.24) is 5.32 Å². The molecule has 1 N–H and O–H groups in total. The Morgan fingerprint density at radius 3 is 1.85 bits per heavy atom. The van der Waals surface area contributed by atoms with E-state index in [1.54, 1.807) is 0 Å². The number of hydrogen-bond acceptors (Lipinski definition) is 5. The van der Waals surface area contributed by atoms with Gasteiger partial charge in [-0.05, 0) is 53.9 Å². The zero-order valence-electron chi connectivity index (χ0n) is 27.4. The van der Waals surface area contributed by atoms with Crippen LogP contribution in [0, 0.1) is 0 Å². The van der Waals surface area contributed by atoms with Crippen LogP contribution >= 0.6 is 0 Å². The number of unbranched alkanes of at least 4 members (excludes halogenated alkanes) is 15. The van der Waals surface area contributed by atoms with Gasteiger partial charge in [-0.1, -0.05) is 96.8 Å². The van der Waals surface area contributed by atoms with Crippen molar-refractivity contribution < 1.29 is 23.7 Å². The van der Waals surface area contributed by atoms with E-state index in [1.807, 2.05) is 13.8 Å². The number of carbonyl (C=O) groups is 1. The fraction of sp³-hybridized carbons (Fsp3) is 0.971. The Bertz CT molecular complexity index is 585. The van der Waals surface area contributed by atoms with Crippen LogP contribution in [0.5, 0.6) is 0 Å². The van der Waals surface area contributed by atoms with Gasteiger partial charge < -0.3 is 24.3 Å². The first-order valence-corrected chi connectivity index (χ1v) is 17.2. The van der Waals surface area contributed by atoms with E-state index in [0.29, 0.717) is 19.6 Å². The molecule has 40 heavy (non-hydrogen) atoms. The Balaban J connectivity index is 1.97. The molecule has 1 fully saturated rings. The lowest BCUT2D eigenvalue weighted by Crippen LogP contribution is -2.40. The van der Waals surface area contributed by atoms with Crippen LogP contribution in [0.25, 0.3) is 0 Å². The molecule has 1 aliphatic rings. The average Bonchev–Trinajstić information content (AvgIpc) is 3.20. The number of rotatable bonds is 27. The van der Waals surface area contributed by atoms with E-state index >= 15 is 0 Å². The van der Waals surface area contributed by atoms with Gasteiger partial charge in [-0.2, -0.15) is 0 Å². The Labute approximate surface area is 248 Å². The van der Waals surface area contributed by atoms with Crippen molar-refractivity contribution in [2.45, 2.75) is 194 Å². The third-order valence-corrected chi connectivity index (χ3v) is 7.78. The van der Waals surface area contributed by atoms with Crippen molar-refractivity contribution >= 4 is 5.91 Å². The number of hydrogen-bond donors (Lipinski definition) is 1. The summed E-state index contributed by atoms with van der Waals surface area (Å²) in [5, 5.41) is 3.10. The molecule has 0 aliphatic carbocycles. The molecule has 0 aromatic carbocycles. The molecule has 6 heteroatoms. The standard InChI is InChI=1S/C34H67NO5/c1-7-8-9-10-11-12-13-14-15-16-17-18-21-24-32(36)35-25-22-19-20-23-26-37-33-30(6)40-31(27-38-28(2)3)34(33)39-29(4)5/h28-31,33-34H,7-27H2,1-6H3,(H,35,36)/t30-,31?,33-,34+/m0/s1. The molecule has 0 aromatic heterocycles. The van der Waals surface area contributed by atoms with Gasteiger partial charge in [0.2, 0.25) is 5.91 Å². The number of amides is 1. The second-order valence-electron chi connectivity index (χ2n) is 12.5. The molecule has 4 atom stereocenters. The van der Waals surface area contributed by atoms with Crippen molar-refractivity contribution in [1.29, 1.82) is 0 Å². The average molecular weight is 570 g/mol. The van der Waals surface area contributed by atoms with Crippen LogP contribution in [0.3, 0.4) is 0 Å². The summed E-state index contributed by atoms with van der Waals surface area (Å²) in [5.74, 6) is 0.217. The first kappa shape index (κ1) is 37.3. The zero-order chi connectivity index (χ0) is 29.4. The summed E-state index contributed by atoms with van der Waals surface area (Å²) in [6, 6.07) is 0. The van der Waals surface area contributed by atoms with Gasteiger partial charge in [-0.25, -0.2) is 0 Å². The second-order valence-corrected chi connectivity index (χ2v) is 12.5. The minimum absolute atomic E-state index is 0.00497. The molecule has 0 saturated carbocycles. The normalized spacial score (nSPS) is 21.1. The molecule has 1 unspecified atom stereocenters. The zero-order valence-corrected chi connectivity index (χ0v) is 27.4. The summed E-state index contributed by atoms with van der Waals surface area (Å²) in [4.78, 5) is 12.1. The highest BCUT2D eigenvalue weighted by Crippen LogP contribution is 2.28. The summed E-state index contributed by atoms with van der Waals surface area (Å²) in [5.41, 5.74) is 0. The van der Waals surface area contributed by atoms with Crippen molar-refractivity contribution in [2.75, 3.05) is 19.8 Å². The smallest absolute Gasteiger partial charge is 0.219 e. The summed E-state index contributed by atoms with van der Waals surface area (Å²) in [6.45, 7) is 14.6. The minimum Gasteiger partial charge on any atom is -0.376 e. The van der Waals surface area contributed by atoms with Crippen LogP contribution in [0.1, 0.15) is 157 Å². The molecule has 1 saturated heterocycles. The fourth-order valence-electron chi connectivity index (χ4n) is 5.46. The van der Waals surface area contributed by atoms with Crippen molar-refractivity contribution in [2.24, 2.45) is 0 Å². The molecule has 0 radical (unpaired) electrons. The van der Waals surface area contributed by atoms with E-state index in [2.05, 4.69) is 33.0 Å². The molecule has 0 spiro atoms. The SMILES string of the molecule is CCCCCCCCCCCCCCCC(=O)NCCCCCCO[C@H]1[C@H](C)OC(COC(C)C)[C@H]1OC(C)C. The molecule has 1 amide bonds. The molecule has 0 bridgehead atoms. The van der Waals surface area contributed by atoms with E-state index in [0.717, 1.165) is 38.6 Å².